The Morgan fingerprint density at radius 3 is 2.10 bits per heavy atom. The molecule has 0 fully saturated rings. The molecule has 0 spiro atoms. The number of amides is 2. The van der Waals surface area contributed by atoms with Gasteiger partial charge in [0.1, 0.15) is 17.2 Å². The van der Waals surface area contributed by atoms with E-state index in [9.17, 15) is 9.59 Å². The van der Waals surface area contributed by atoms with Gasteiger partial charge in [-0.3, -0.25) is 14.5 Å². The lowest BCUT2D eigenvalue weighted by molar-refractivity contribution is -0.136. The molecule has 0 atom stereocenters. The highest BCUT2D eigenvalue weighted by Crippen LogP contribution is 2.32. The summed E-state index contributed by atoms with van der Waals surface area (Å²) in [5.41, 5.74) is 2.04. The van der Waals surface area contributed by atoms with Gasteiger partial charge in [0, 0.05) is 12.2 Å². The van der Waals surface area contributed by atoms with Crippen LogP contribution in [-0.2, 0) is 9.59 Å². The third-order valence-electron chi connectivity index (χ3n) is 4.49. The maximum absolute atomic E-state index is 13.0. The van der Waals surface area contributed by atoms with Crippen LogP contribution in [0.1, 0.15) is 32.8 Å². The van der Waals surface area contributed by atoms with E-state index in [2.05, 4.69) is 5.32 Å². The number of hydrogen-bond acceptors (Lipinski definition) is 5. The van der Waals surface area contributed by atoms with Crippen LogP contribution < -0.4 is 14.8 Å². The summed E-state index contributed by atoms with van der Waals surface area (Å²) in [6, 6.07) is 14.5. The van der Waals surface area contributed by atoms with E-state index in [1.165, 1.54) is 4.90 Å². The molecule has 1 aliphatic heterocycles. The van der Waals surface area contributed by atoms with E-state index in [1.54, 1.807) is 19.2 Å². The Morgan fingerprint density at radius 1 is 0.931 bits per heavy atom. The predicted molar refractivity (Wildman–Crippen MR) is 113 cm³/mol. The van der Waals surface area contributed by atoms with Crippen molar-refractivity contribution in [2.45, 2.75) is 33.3 Å². The van der Waals surface area contributed by atoms with E-state index in [0.717, 1.165) is 5.75 Å². The first-order valence-corrected chi connectivity index (χ1v) is 9.73. The van der Waals surface area contributed by atoms with Gasteiger partial charge < -0.3 is 14.8 Å². The van der Waals surface area contributed by atoms with Gasteiger partial charge in [-0.15, -0.1) is 0 Å². The van der Waals surface area contributed by atoms with Crippen molar-refractivity contribution in [1.82, 2.24) is 4.90 Å². The van der Waals surface area contributed by atoms with Crippen molar-refractivity contribution >= 4 is 23.1 Å². The number of carbonyl (C=O) groups is 2. The van der Waals surface area contributed by atoms with Crippen LogP contribution in [-0.4, -0.2) is 36.5 Å². The molecular formula is C23H26N2O4. The average Bonchev–Trinajstić information content (AvgIpc) is 2.93. The molecule has 0 aliphatic carbocycles. The number of hydrogen-bond donors (Lipinski definition) is 1. The normalized spacial score (nSPS) is 14.0. The van der Waals surface area contributed by atoms with Crippen molar-refractivity contribution in [3.63, 3.8) is 0 Å². The summed E-state index contributed by atoms with van der Waals surface area (Å²) < 4.78 is 10.9. The molecule has 0 saturated carbocycles. The molecule has 6 heteroatoms. The highest BCUT2D eigenvalue weighted by Gasteiger charge is 2.38. The Labute approximate surface area is 171 Å². The second kappa shape index (κ2) is 8.82. The fraction of sp³-hybridized carbons (Fsp3) is 0.304. The minimum absolute atomic E-state index is 0.0575. The molecule has 29 heavy (non-hydrogen) atoms. The first kappa shape index (κ1) is 20.5. The molecule has 1 aliphatic rings. The molecule has 0 aromatic heterocycles. The van der Waals surface area contributed by atoms with Crippen LogP contribution in [0.4, 0.5) is 5.69 Å². The fourth-order valence-corrected chi connectivity index (χ4v) is 3.18. The van der Waals surface area contributed by atoms with Crippen LogP contribution in [0.5, 0.6) is 11.5 Å². The number of nitrogens with one attached hydrogen (secondary N) is 1. The zero-order valence-electron chi connectivity index (χ0n) is 17.2. The summed E-state index contributed by atoms with van der Waals surface area (Å²) in [5.74, 6) is 0.832. The van der Waals surface area contributed by atoms with Crippen LogP contribution in [0, 0.1) is 0 Å². The number of imide groups is 1. The van der Waals surface area contributed by atoms with Crippen LogP contribution >= 0.6 is 0 Å². The molecular weight excluding hydrogens is 368 g/mol. The van der Waals surface area contributed by atoms with E-state index in [4.69, 9.17) is 9.47 Å². The van der Waals surface area contributed by atoms with Gasteiger partial charge in [-0.05, 0) is 62.2 Å². The van der Waals surface area contributed by atoms with Gasteiger partial charge in [0.05, 0.1) is 18.8 Å². The lowest BCUT2D eigenvalue weighted by Crippen LogP contribution is -2.33. The zero-order valence-corrected chi connectivity index (χ0v) is 17.2. The molecule has 1 N–H and O–H groups in total. The smallest absolute Gasteiger partial charge is 0.278 e. The summed E-state index contributed by atoms with van der Waals surface area (Å²) in [6.45, 7) is 6.22. The summed E-state index contributed by atoms with van der Waals surface area (Å²) >= 11 is 0. The molecule has 2 aromatic rings. The number of nitrogens with zero attached hydrogens (tertiary/aromatic N) is 1. The summed E-state index contributed by atoms with van der Waals surface area (Å²) in [6.07, 6.45) is 0.754. The molecule has 2 amide bonds. The van der Waals surface area contributed by atoms with Crippen molar-refractivity contribution in [3.8, 4) is 11.5 Å². The molecule has 3 rings (SSSR count). The maximum Gasteiger partial charge on any atom is 0.278 e. The Morgan fingerprint density at radius 2 is 1.55 bits per heavy atom. The molecule has 1 heterocycles. The van der Waals surface area contributed by atoms with Crippen LogP contribution in [0.25, 0.3) is 5.57 Å². The van der Waals surface area contributed by atoms with Crippen LogP contribution in [0.2, 0.25) is 0 Å². The van der Waals surface area contributed by atoms with E-state index in [1.807, 2.05) is 57.2 Å². The van der Waals surface area contributed by atoms with E-state index in [-0.39, 0.29) is 23.6 Å². The molecule has 0 radical (unpaired) electrons. The molecule has 0 unspecified atom stereocenters. The van der Waals surface area contributed by atoms with Crippen molar-refractivity contribution < 1.29 is 19.1 Å². The first-order valence-electron chi connectivity index (χ1n) is 9.73. The Hall–Kier alpha value is -3.28. The van der Waals surface area contributed by atoms with Gasteiger partial charge in [-0.25, -0.2) is 0 Å². The first-order chi connectivity index (χ1) is 13.9. The maximum atomic E-state index is 13.0. The third-order valence-corrected chi connectivity index (χ3v) is 4.49. The van der Waals surface area contributed by atoms with Gasteiger partial charge in [-0.2, -0.15) is 0 Å². The minimum Gasteiger partial charge on any atom is -0.497 e. The SMILES string of the molecule is CCCN1C(=O)C(Nc2ccc(OC)cc2)=C(c2ccc(OC(C)C)cc2)C1=O. The molecule has 0 saturated heterocycles. The quantitative estimate of drug-likeness (QED) is 0.683. The Balaban J connectivity index is 1.98. The topological polar surface area (TPSA) is 67.9 Å². The third kappa shape index (κ3) is 4.42. The number of carbonyl (C=O) groups excluding carboxylic acids is 2. The van der Waals surface area contributed by atoms with Crippen LogP contribution in [0.15, 0.2) is 54.2 Å². The fourth-order valence-electron chi connectivity index (χ4n) is 3.18. The second-order valence-corrected chi connectivity index (χ2v) is 7.06. The van der Waals surface area contributed by atoms with Gasteiger partial charge in [0.15, 0.2) is 0 Å². The van der Waals surface area contributed by atoms with Crippen LogP contribution in [0.3, 0.4) is 0 Å². The second-order valence-electron chi connectivity index (χ2n) is 7.06. The van der Waals surface area contributed by atoms with Gasteiger partial charge in [-0.1, -0.05) is 19.1 Å². The lowest BCUT2D eigenvalue weighted by atomic mass is 10.0. The average molecular weight is 394 g/mol. The number of ether oxygens (including phenoxy) is 2. The number of rotatable bonds is 8. The Kier molecular flexibility index (Phi) is 6.22. The highest BCUT2D eigenvalue weighted by molar-refractivity contribution is 6.36. The van der Waals surface area contributed by atoms with Gasteiger partial charge in [0.25, 0.3) is 11.8 Å². The van der Waals surface area contributed by atoms with Crippen molar-refractivity contribution in [1.29, 1.82) is 0 Å². The molecule has 152 valence electrons. The number of anilines is 1. The van der Waals surface area contributed by atoms with Crippen molar-refractivity contribution in [3.05, 3.63) is 59.8 Å². The molecule has 0 bridgehead atoms. The monoisotopic (exact) mass is 394 g/mol. The Bertz CT molecular complexity index is 915. The summed E-state index contributed by atoms with van der Waals surface area (Å²) in [7, 11) is 1.59. The van der Waals surface area contributed by atoms with E-state index >= 15 is 0 Å². The van der Waals surface area contributed by atoms with Crippen molar-refractivity contribution in [2.75, 3.05) is 19.0 Å². The van der Waals surface area contributed by atoms with Gasteiger partial charge in [0.2, 0.25) is 0 Å². The van der Waals surface area contributed by atoms with Gasteiger partial charge >= 0.3 is 0 Å². The largest absolute Gasteiger partial charge is 0.497 e. The molecule has 6 nitrogen and oxygen atoms in total. The van der Waals surface area contributed by atoms with E-state index < -0.39 is 0 Å². The minimum atomic E-state index is -0.315. The summed E-state index contributed by atoms with van der Waals surface area (Å²) in [5, 5.41) is 3.14. The standard InChI is InChI=1S/C23H26N2O4/c1-5-14-25-22(26)20(16-6-10-19(11-7-16)29-15(2)3)21(23(25)27)24-17-8-12-18(28-4)13-9-17/h6-13,15,24H,5,14H2,1-4H3. The van der Waals surface area contributed by atoms with Crippen molar-refractivity contribution in [2.24, 2.45) is 0 Å². The summed E-state index contributed by atoms with van der Waals surface area (Å²) in [4.78, 5) is 27.3. The predicted octanol–water partition coefficient (Wildman–Crippen LogP) is 4.08. The van der Waals surface area contributed by atoms with E-state index in [0.29, 0.717) is 35.5 Å². The highest BCUT2D eigenvalue weighted by atomic mass is 16.5. The number of benzene rings is 2. The lowest BCUT2D eigenvalue weighted by Gasteiger charge is -2.14. The zero-order chi connectivity index (χ0) is 21.0. The molecule has 2 aromatic carbocycles. The number of methoxy groups -OCH3 is 1.